The van der Waals surface area contributed by atoms with E-state index in [1.54, 1.807) is 0 Å². The number of benzene rings is 1. The van der Waals surface area contributed by atoms with Gasteiger partial charge in [-0.15, -0.1) is 0 Å². The fourth-order valence-corrected chi connectivity index (χ4v) is 4.39. The average molecular weight is 229 g/mol. The Morgan fingerprint density at radius 3 is 2.31 bits per heavy atom. The molecule has 0 saturated heterocycles. The monoisotopic (exact) mass is 229 g/mol. The topological polar surface area (TPSA) is 0 Å². The molecule has 16 heavy (non-hydrogen) atoms. The summed E-state index contributed by atoms with van der Waals surface area (Å²) in [5, 5.41) is 1.51. The predicted molar refractivity (Wildman–Crippen MR) is 73.2 cm³/mol. The van der Waals surface area contributed by atoms with E-state index >= 15 is 0 Å². The Labute approximate surface area is 101 Å². The summed E-state index contributed by atoms with van der Waals surface area (Å²) in [6.07, 6.45) is 12.8. The highest BCUT2D eigenvalue weighted by Gasteiger charge is 2.26. The van der Waals surface area contributed by atoms with Crippen molar-refractivity contribution in [1.29, 1.82) is 0 Å². The second kappa shape index (κ2) is 6.40. The Kier molecular flexibility index (Phi) is 4.85. The Morgan fingerprint density at radius 1 is 1.00 bits per heavy atom. The van der Waals surface area contributed by atoms with Gasteiger partial charge in [-0.2, -0.15) is 0 Å². The number of rotatable bonds is 5. The molecule has 0 nitrogen and oxygen atoms in total. The van der Waals surface area contributed by atoms with E-state index in [2.05, 4.69) is 62.9 Å². The lowest BCUT2D eigenvalue weighted by Crippen LogP contribution is -2.08. The maximum atomic E-state index is 2.27. The molecule has 0 aliphatic heterocycles. The van der Waals surface area contributed by atoms with Gasteiger partial charge in [0.15, 0.2) is 0 Å². The van der Waals surface area contributed by atoms with Crippen molar-refractivity contribution in [2.75, 3.05) is 6.16 Å². The first-order chi connectivity index (χ1) is 7.92. The van der Waals surface area contributed by atoms with Crippen LogP contribution in [0.15, 0.2) is 30.3 Å². The molecule has 0 bridgehead atoms. The van der Waals surface area contributed by atoms with Gasteiger partial charge in [0.25, 0.3) is 0 Å². The van der Waals surface area contributed by atoms with E-state index in [1.165, 1.54) is 30.0 Å². The van der Waals surface area contributed by atoms with Crippen molar-refractivity contribution in [2.45, 2.75) is 19.8 Å². The zero-order valence-corrected chi connectivity index (χ0v) is 10.7. The fraction of sp³-hybridized carbons (Fsp3) is 0.267. The minimum atomic E-state index is -0.120. The summed E-state index contributed by atoms with van der Waals surface area (Å²) in [6, 6.07) is 10.9. The van der Waals surface area contributed by atoms with Gasteiger partial charge in [0.2, 0.25) is 0 Å². The Morgan fingerprint density at radius 2 is 1.69 bits per heavy atom. The molecule has 1 fully saturated rings. The van der Waals surface area contributed by atoms with E-state index in [-0.39, 0.29) is 7.92 Å². The highest BCUT2D eigenvalue weighted by atomic mass is 31.1. The van der Waals surface area contributed by atoms with Crippen LogP contribution in [-0.2, 0) is 0 Å². The van der Waals surface area contributed by atoms with Crippen molar-refractivity contribution in [1.82, 2.24) is 0 Å². The van der Waals surface area contributed by atoms with Crippen LogP contribution in [-0.4, -0.2) is 6.16 Å². The number of hydrogen-bond donors (Lipinski definition) is 0. The van der Waals surface area contributed by atoms with Gasteiger partial charge in [0, 0.05) is 5.66 Å². The summed E-state index contributed by atoms with van der Waals surface area (Å²) in [7, 11) is -0.120. The van der Waals surface area contributed by atoms with Gasteiger partial charge in [0.05, 0.1) is 0 Å². The summed E-state index contributed by atoms with van der Waals surface area (Å²) in [6.45, 7) is 2.27. The molecule has 1 aromatic rings. The molecule has 1 heteroatoms. The van der Waals surface area contributed by atoms with E-state index in [9.17, 15) is 0 Å². The van der Waals surface area contributed by atoms with Gasteiger partial charge in [-0.3, -0.25) is 0 Å². The Bertz CT molecular complexity index is 288. The van der Waals surface area contributed by atoms with Gasteiger partial charge < -0.3 is 0 Å². The summed E-state index contributed by atoms with van der Waals surface area (Å²) in [5.41, 5.74) is 1.52. The molecule has 0 N–H and O–H groups in total. The molecule has 1 aliphatic carbocycles. The van der Waals surface area contributed by atoms with E-state index in [4.69, 9.17) is 0 Å². The standard InChI is InChI=1S/C15H18P/c1-2-3-13-16(15-11-7-8-12-15)14-9-5-4-6-10-14/h4-12H,2-3,13H2,1H3/t16-/m0/s1. The minimum absolute atomic E-state index is 0.120. The molecule has 1 aliphatic rings. The smallest absolute Gasteiger partial charge is 0.0118 e. The van der Waals surface area contributed by atoms with Gasteiger partial charge in [0.1, 0.15) is 0 Å². The van der Waals surface area contributed by atoms with Crippen LogP contribution in [0.2, 0.25) is 0 Å². The van der Waals surface area contributed by atoms with E-state index < -0.39 is 0 Å². The Balaban J connectivity index is 2.07. The van der Waals surface area contributed by atoms with Gasteiger partial charge in [-0.25, -0.2) is 0 Å². The van der Waals surface area contributed by atoms with E-state index in [0.29, 0.717) is 0 Å². The fourth-order valence-electron chi connectivity index (χ4n) is 1.88. The lowest BCUT2D eigenvalue weighted by atomic mass is 10.4. The third-order valence-corrected chi connectivity index (χ3v) is 5.37. The maximum absolute atomic E-state index is 2.27. The molecular formula is C15H18P. The van der Waals surface area contributed by atoms with Crippen LogP contribution in [0.1, 0.15) is 19.8 Å². The first kappa shape index (κ1) is 12.1. The Hall–Kier alpha value is -0.350. The van der Waals surface area contributed by atoms with Crippen LogP contribution in [0.3, 0.4) is 0 Å². The zero-order chi connectivity index (χ0) is 11.2. The largest absolute Gasteiger partial charge is 0.0674 e. The molecule has 1 aromatic carbocycles. The SMILES string of the molecule is CCCC[P@]([C]1[CH][CH][CH][CH]1)c1ccccc1. The van der Waals surface area contributed by atoms with Crippen molar-refractivity contribution >= 4 is 13.2 Å². The molecule has 2 rings (SSSR count). The molecule has 1 saturated carbocycles. The van der Waals surface area contributed by atoms with Gasteiger partial charge in [-0.05, 0) is 43.6 Å². The van der Waals surface area contributed by atoms with Crippen molar-refractivity contribution in [2.24, 2.45) is 0 Å². The second-order valence-corrected chi connectivity index (χ2v) is 6.32. The van der Waals surface area contributed by atoms with Crippen LogP contribution in [0.4, 0.5) is 0 Å². The van der Waals surface area contributed by atoms with Crippen molar-refractivity contribution in [3.05, 3.63) is 61.7 Å². The molecule has 1 atom stereocenters. The van der Waals surface area contributed by atoms with Crippen LogP contribution < -0.4 is 5.30 Å². The van der Waals surface area contributed by atoms with Crippen molar-refractivity contribution in [3.63, 3.8) is 0 Å². The molecule has 83 valence electrons. The molecule has 0 unspecified atom stereocenters. The van der Waals surface area contributed by atoms with Crippen LogP contribution in [0.25, 0.3) is 0 Å². The van der Waals surface area contributed by atoms with Crippen molar-refractivity contribution in [3.8, 4) is 0 Å². The van der Waals surface area contributed by atoms with Crippen LogP contribution >= 0.6 is 7.92 Å². The molecule has 0 aromatic heterocycles. The maximum Gasteiger partial charge on any atom is 0.0118 e. The lowest BCUT2D eigenvalue weighted by molar-refractivity contribution is 0.892. The highest BCUT2D eigenvalue weighted by Crippen LogP contribution is 2.52. The molecule has 0 spiro atoms. The quantitative estimate of drug-likeness (QED) is 0.670. The first-order valence-corrected chi connectivity index (χ1v) is 7.49. The predicted octanol–water partition coefficient (Wildman–Crippen LogP) is 3.96. The number of hydrogen-bond acceptors (Lipinski definition) is 0. The summed E-state index contributed by atoms with van der Waals surface area (Å²) in [4.78, 5) is 0. The summed E-state index contributed by atoms with van der Waals surface area (Å²) in [5.74, 6) is 0. The normalized spacial score (nSPS) is 18.8. The third kappa shape index (κ3) is 3.08. The van der Waals surface area contributed by atoms with Gasteiger partial charge in [-0.1, -0.05) is 51.6 Å². The second-order valence-electron chi connectivity index (χ2n) is 3.98. The summed E-state index contributed by atoms with van der Waals surface area (Å²) < 4.78 is 0. The lowest BCUT2D eigenvalue weighted by Gasteiger charge is -2.23. The molecular weight excluding hydrogens is 211 g/mol. The molecule has 0 heterocycles. The highest BCUT2D eigenvalue weighted by molar-refractivity contribution is 7.69. The zero-order valence-electron chi connectivity index (χ0n) is 9.76. The van der Waals surface area contributed by atoms with E-state index in [0.717, 1.165) is 0 Å². The van der Waals surface area contributed by atoms with Gasteiger partial charge >= 0.3 is 0 Å². The molecule has 0 amide bonds. The van der Waals surface area contributed by atoms with Crippen LogP contribution in [0, 0.1) is 31.3 Å². The third-order valence-electron chi connectivity index (χ3n) is 2.76. The van der Waals surface area contributed by atoms with E-state index in [1.807, 2.05) is 0 Å². The summed E-state index contributed by atoms with van der Waals surface area (Å²) >= 11 is 0. The van der Waals surface area contributed by atoms with Crippen LogP contribution in [0.5, 0.6) is 0 Å². The average Bonchev–Trinajstić information content (AvgIpc) is 2.85. The first-order valence-electron chi connectivity index (χ1n) is 5.96. The molecule has 5 radical (unpaired) electrons. The van der Waals surface area contributed by atoms with Crippen molar-refractivity contribution < 1.29 is 0 Å². The number of unbranched alkanes of at least 4 members (excludes halogenated alkanes) is 1. The minimum Gasteiger partial charge on any atom is -0.0674 e.